The maximum absolute atomic E-state index is 14.4. The third-order valence-electron chi connectivity index (χ3n) is 5.95. The van der Waals surface area contributed by atoms with Crippen LogP contribution in [-0.2, 0) is 4.57 Å². The van der Waals surface area contributed by atoms with Crippen LogP contribution in [0.5, 0.6) is 5.75 Å². The van der Waals surface area contributed by atoms with Crippen LogP contribution in [0.4, 0.5) is 29.1 Å². The first kappa shape index (κ1) is 28.1. The van der Waals surface area contributed by atoms with Gasteiger partial charge in [0, 0.05) is 11.8 Å². The van der Waals surface area contributed by atoms with Gasteiger partial charge in [-0.1, -0.05) is 12.0 Å². The number of ether oxygens (including phenoxy) is 1. The molecule has 1 saturated heterocycles. The van der Waals surface area contributed by atoms with Gasteiger partial charge in [-0.3, -0.25) is 0 Å². The number of nitrogens with one attached hydrogen (secondary N) is 3. The number of anilines is 2. The molecule has 0 amide bonds. The monoisotopic (exact) mass is 569 g/mol. The van der Waals surface area contributed by atoms with Crippen LogP contribution in [0.2, 0.25) is 0 Å². The number of rotatable bonds is 7. The number of thioether (sulfide) groups is 1. The molecule has 7 nitrogen and oxygen atoms in total. The van der Waals surface area contributed by atoms with Crippen molar-refractivity contribution in [1.82, 2.24) is 14.9 Å². The molecule has 0 saturated carbocycles. The van der Waals surface area contributed by atoms with E-state index in [9.17, 15) is 22.1 Å². The molecule has 13 heteroatoms. The van der Waals surface area contributed by atoms with Crippen molar-refractivity contribution in [2.75, 3.05) is 50.7 Å². The van der Waals surface area contributed by atoms with Crippen LogP contribution in [0.3, 0.4) is 0 Å². The summed E-state index contributed by atoms with van der Waals surface area (Å²) in [4.78, 5) is -0.126. The van der Waals surface area contributed by atoms with Crippen molar-refractivity contribution in [1.29, 1.82) is 0 Å². The number of pyridine rings is 1. The minimum absolute atomic E-state index is 0.0364. The van der Waals surface area contributed by atoms with Gasteiger partial charge in [-0.25, -0.2) is 8.91 Å². The second-order valence-electron chi connectivity index (χ2n) is 9.08. The largest absolute Gasteiger partial charge is 0.495 e. The molecule has 2 atom stereocenters. The fourth-order valence-electron chi connectivity index (χ4n) is 4.06. The smallest absolute Gasteiger partial charge is 0.446 e. The van der Waals surface area contributed by atoms with Gasteiger partial charge in [-0.2, -0.15) is 18.3 Å². The van der Waals surface area contributed by atoms with E-state index in [4.69, 9.17) is 4.74 Å². The number of aromatic nitrogens is 2. The highest BCUT2D eigenvalue weighted by molar-refractivity contribution is 8.00. The van der Waals surface area contributed by atoms with Gasteiger partial charge in [-0.15, -0.1) is 0 Å². The molecule has 1 aliphatic heterocycles. The van der Waals surface area contributed by atoms with Gasteiger partial charge in [-0.05, 0) is 74.3 Å². The van der Waals surface area contributed by atoms with Gasteiger partial charge in [0.05, 0.1) is 35.8 Å². The second kappa shape index (κ2) is 11.5. The van der Waals surface area contributed by atoms with E-state index < -0.39 is 24.9 Å². The van der Waals surface area contributed by atoms with Crippen molar-refractivity contribution in [2.24, 2.45) is 0 Å². The average Bonchev–Trinajstić information content (AvgIpc) is 3.19. The lowest BCUT2D eigenvalue weighted by Crippen LogP contribution is -2.45. The molecular weight excluding hydrogens is 541 g/mol. The maximum atomic E-state index is 14.4. The molecule has 1 aromatic carbocycles. The highest BCUT2D eigenvalue weighted by Crippen LogP contribution is 2.41. The number of methoxy groups -OCH3 is 1. The minimum atomic E-state index is -4.55. The number of fused-ring (bicyclic) bond motifs is 1. The molecule has 3 N–H and O–H groups in total. The Morgan fingerprint density at radius 2 is 2.08 bits per heavy atom. The molecule has 204 valence electrons. The topological polar surface area (TPSA) is 79.7 Å². The number of alkyl halides is 4. The highest BCUT2D eigenvalue weighted by Gasteiger charge is 2.33. The van der Waals surface area contributed by atoms with E-state index in [2.05, 4.69) is 32.9 Å². The first-order valence-corrected chi connectivity index (χ1v) is 15.2. The number of piperidine rings is 1. The van der Waals surface area contributed by atoms with Crippen LogP contribution in [0.1, 0.15) is 12.1 Å². The Bertz CT molecular complexity index is 1410. The average molecular weight is 570 g/mol. The van der Waals surface area contributed by atoms with Gasteiger partial charge in [0.15, 0.2) is 0 Å². The lowest BCUT2D eigenvalue weighted by molar-refractivity contribution is -0.0327. The van der Waals surface area contributed by atoms with Crippen molar-refractivity contribution in [3.05, 3.63) is 42.1 Å². The summed E-state index contributed by atoms with van der Waals surface area (Å²) in [5.74, 6) is 6.44. The molecule has 3 heterocycles. The zero-order valence-electron chi connectivity index (χ0n) is 21.0. The molecule has 0 unspecified atom stereocenters. The zero-order valence-corrected chi connectivity index (χ0v) is 22.7. The molecule has 4 rings (SSSR count). The standard InChI is InChI=1S/C25H28F4N5O2PS/c1-36-22-14-16(37(2,3)35)9-10-19(22)31-12-5-6-20-24(38-25(27,28)29)21-7-4-8-23(34(21)33-20)32-18-11-13-30-15-17(18)26/h4,7-10,14,17-18,30-32H,11-13,15H2,1-3H3/t17-,18+/m0/s1. The van der Waals surface area contributed by atoms with E-state index in [1.165, 1.54) is 17.7 Å². The summed E-state index contributed by atoms with van der Waals surface area (Å²) in [6, 6.07) is 9.44. The Labute approximate surface area is 222 Å². The fourth-order valence-corrected chi connectivity index (χ4v) is 5.60. The molecule has 1 aliphatic rings. The number of hydrogen-bond donors (Lipinski definition) is 3. The van der Waals surface area contributed by atoms with E-state index in [-0.39, 0.29) is 41.0 Å². The third-order valence-corrected chi connectivity index (χ3v) is 8.31. The van der Waals surface area contributed by atoms with Crippen LogP contribution in [-0.4, -0.2) is 67.4 Å². The molecule has 0 radical (unpaired) electrons. The Morgan fingerprint density at radius 3 is 2.76 bits per heavy atom. The molecule has 0 aliphatic carbocycles. The number of halogens is 4. The number of nitrogens with zero attached hydrogens (tertiary/aromatic N) is 2. The molecular formula is C25H28F4N5O2PS. The molecule has 2 aromatic heterocycles. The predicted molar refractivity (Wildman–Crippen MR) is 144 cm³/mol. The molecule has 0 spiro atoms. The van der Waals surface area contributed by atoms with E-state index in [0.29, 0.717) is 35.5 Å². The maximum Gasteiger partial charge on any atom is 0.446 e. The van der Waals surface area contributed by atoms with E-state index in [1.54, 1.807) is 43.7 Å². The summed E-state index contributed by atoms with van der Waals surface area (Å²) in [7, 11) is -0.986. The third kappa shape index (κ3) is 6.76. The van der Waals surface area contributed by atoms with Gasteiger partial charge in [0.2, 0.25) is 0 Å². The quantitative estimate of drug-likeness (QED) is 0.164. The SMILES string of the molecule is COc1cc(P(C)(C)=O)ccc1NCC#Cc1nn2c(N[C@@H]3CCNC[C@@H]3F)cccc2c1SC(F)(F)F. The van der Waals surface area contributed by atoms with Crippen molar-refractivity contribution in [3.8, 4) is 17.6 Å². The molecule has 1 fully saturated rings. The van der Waals surface area contributed by atoms with Gasteiger partial charge < -0.3 is 25.3 Å². The normalized spacial score (nSPS) is 18.1. The Kier molecular flexibility index (Phi) is 8.50. The van der Waals surface area contributed by atoms with Crippen LogP contribution < -0.4 is 26.0 Å². The fraction of sp³-hybridized carbons (Fsp3) is 0.400. The van der Waals surface area contributed by atoms with Crippen LogP contribution in [0.15, 0.2) is 41.3 Å². The van der Waals surface area contributed by atoms with E-state index >= 15 is 0 Å². The summed E-state index contributed by atoms with van der Waals surface area (Å²) >= 11 is -0.281. The Morgan fingerprint density at radius 1 is 1.29 bits per heavy atom. The zero-order chi connectivity index (χ0) is 27.5. The van der Waals surface area contributed by atoms with Gasteiger partial charge in [0.25, 0.3) is 0 Å². The lowest BCUT2D eigenvalue weighted by atomic mass is 10.1. The van der Waals surface area contributed by atoms with Crippen molar-refractivity contribution >= 4 is 41.2 Å². The van der Waals surface area contributed by atoms with Crippen molar-refractivity contribution in [3.63, 3.8) is 0 Å². The van der Waals surface area contributed by atoms with Crippen molar-refractivity contribution < 1.29 is 26.9 Å². The Balaban J connectivity index is 1.61. The summed E-state index contributed by atoms with van der Waals surface area (Å²) in [6.45, 7) is 4.26. The molecule has 38 heavy (non-hydrogen) atoms. The summed E-state index contributed by atoms with van der Waals surface area (Å²) < 4.78 is 73.7. The molecule has 3 aromatic rings. The number of hydrogen-bond acceptors (Lipinski definition) is 7. The minimum Gasteiger partial charge on any atom is -0.495 e. The Hall–Kier alpha value is -2.87. The molecule has 0 bridgehead atoms. The summed E-state index contributed by atoms with van der Waals surface area (Å²) in [5, 5.41) is 14.1. The van der Waals surface area contributed by atoms with Crippen LogP contribution >= 0.6 is 18.9 Å². The first-order chi connectivity index (χ1) is 18.0. The van der Waals surface area contributed by atoms with Gasteiger partial charge >= 0.3 is 5.51 Å². The summed E-state index contributed by atoms with van der Waals surface area (Å²) in [5.41, 5.74) is -3.76. The van der Waals surface area contributed by atoms with Crippen LogP contribution in [0, 0.1) is 11.8 Å². The predicted octanol–water partition coefficient (Wildman–Crippen LogP) is 4.78. The highest BCUT2D eigenvalue weighted by atomic mass is 32.2. The van der Waals surface area contributed by atoms with Crippen LogP contribution in [0.25, 0.3) is 5.52 Å². The first-order valence-electron chi connectivity index (χ1n) is 11.8. The van der Waals surface area contributed by atoms with Gasteiger partial charge in [0.1, 0.15) is 30.6 Å². The van der Waals surface area contributed by atoms with E-state index in [0.717, 1.165) is 0 Å². The van der Waals surface area contributed by atoms with Crippen molar-refractivity contribution in [2.45, 2.75) is 29.0 Å². The number of benzene rings is 1. The summed E-state index contributed by atoms with van der Waals surface area (Å²) in [6.07, 6.45) is -0.614. The second-order valence-corrected chi connectivity index (χ2v) is 13.4. The van der Waals surface area contributed by atoms with E-state index in [1.807, 2.05) is 0 Å². The lowest BCUT2D eigenvalue weighted by Gasteiger charge is -2.28.